The Morgan fingerprint density at radius 1 is 1.19 bits per heavy atom. The minimum Gasteiger partial charge on any atom is -0.392 e. The van der Waals surface area contributed by atoms with Gasteiger partial charge in [0.05, 0.1) is 9.74 Å². The Hall–Kier alpha value is 0.110. The van der Waals surface area contributed by atoms with E-state index in [1.54, 1.807) is 20.4 Å². The van der Waals surface area contributed by atoms with E-state index >= 15 is 0 Å². The summed E-state index contributed by atoms with van der Waals surface area (Å²) in [5.74, 6) is 0.622. The van der Waals surface area contributed by atoms with Crippen molar-refractivity contribution in [3.63, 3.8) is 0 Å². The molecule has 5 nitrogen and oxygen atoms in total. The molecule has 0 aromatic rings. The molecule has 0 aromatic heterocycles. The van der Waals surface area contributed by atoms with Gasteiger partial charge in [0.15, 0.2) is 0 Å². The van der Waals surface area contributed by atoms with E-state index in [1.165, 1.54) is 0 Å². The van der Waals surface area contributed by atoms with Crippen molar-refractivity contribution in [2.75, 3.05) is 32.4 Å². The van der Waals surface area contributed by atoms with Crippen molar-refractivity contribution in [3.8, 4) is 0 Å². The average Bonchev–Trinajstić information content (AvgIpc) is 2.47. The molecule has 0 radical (unpaired) electrons. The smallest absolute Gasteiger partial charge is 0.281 e. The predicted octanol–water partition coefficient (Wildman–Crippen LogP) is 1.45. The number of thiocarbonyl (C=S) groups is 1. The van der Waals surface area contributed by atoms with Crippen LogP contribution in [0.25, 0.3) is 0 Å². The highest BCUT2D eigenvalue weighted by Crippen LogP contribution is 2.36. The van der Waals surface area contributed by atoms with Crippen LogP contribution in [-0.4, -0.2) is 59.2 Å². The second-order valence-electron chi connectivity index (χ2n) is 6.05. The van der Waals surface area contributed by atoms with E-state index in [0.717, 1.165) is 12.8 Å². The number of piperidine rings is 2. The highest BCUT2D eigenvalue weighted by molar-refractivity contribution is 8.02. The highest BCUT2D eigenvalue weighted by atomic mass is 32.2. The maximum atomic E-state index is 12.7. The number of rotatable bonds is 4. The van der Waals surface area contributed by atoms with Gasteiger partial charge in [0.1, 0.15) is 0 Å². The lowest BCUT2D eigenvalue weighted by Gasteiger charge is -2.41. The molecule has 0 amide bonds. The van der Waals surface area contributed by atoms with Crippen LogP contribution in [0.4, 0.5) is 0 Å². The molecule has 122 valence electrons. The summed E-state index contributed by atoms with van der Waals surface area (Å²) in [7, 11) is -3.32. The Morgan fingerprint density at radius 3 is 2.10 bits per heavy atom. The standard InChI is InChI=1S/C13H25N3O2S3/c1-11-3-7-15(8-4-11)21(17,18)16-9-5-13(20-2,6-10-16)12(14)19/h11H,3-10H2,1-2H3,(H2,14,19). The lowest BCUT2D eigenvalue weighted by molar-refractivity contribution is 0.250. The summed E-state index contributed by atoms with van der Waals surface area (Å²) in [6.45, 7) is 4.48. The fraction of sp³-hybridized carbons (Fsp3) is 0.923. The van der Waals surface area contributed by atoms with E-state index in [1.807, 2.05) is 6.26 Å². The van der Waals surface area contributed by atoms with Gasteiger partial charge in [0.2, 0.25) is 0 Å². The maximum Gasteiger partial charge on any atom is 0.281 e. The van der Waals surface area contributed by atoms with Crippen LogP contribution in [-0.2, 0) is 10.2 Å². The van der Waals surface area contributed by atoms with Gasteiger partial charge < -0.3 is 5.73 Å². The summed E-state index contributed by atoms with van der Waals surface area (Å²) >= 11 is 6.82. The summed E-state index contributed by atoms with van der Waals surface area (Å²) in [6.07, 6.45) is 5.30. The van der Waals surface area contributed by atoms with Crippen LogP contribution < -0.4 is 5.73 Å². The van der Waals surface area contributed by atoms with Crippen LogP contribution in [0.1, 0.15) is 32.6 Å². The summed E-state index contributed by atoms with van der Waals surface area (Å²) < 4.78 is 28.4. The number of nitrogens with zero attached hydrogens (tertiary/aromatic N) is 2. The number of hydrogen-bond donors (Lipinski definition) is 1. The molecule has 0 atom stereocenters. The van der Waals surface area contributed by atoms with Crippen LogP contribution in [0.5, 0.6) is 0 Å². The van der Waals surface area contributed by atoms with Crippen LogP contribution in [0.15, 0.2) is 0 Å². The zero-order chi connectivity index (χ0) is 15.7. The fourth-order valence-electron chi connectivity index (χ4n) is 3.01. The first-order chi connectivity index (χ1) is 9.82. The first kappa shape index (κ1) is 17.5. The second kappa shape index (κ2) is 6.70. The van der Waals surface area contributed by atoms with Crippen LogP contribution >= 0.6 is 24.0 Å². The Labute approximate surface area is 137 Å². The van der Waals surface area contributed by atoms with Gasteiger partial charge in [-0.15, -0.1) is 0 Å². The van der Waals surface area contributed by atoms with Crippen molar-refractivity contribution in [1.82, 2.24) is 8.61 Å². The predicted molar refractivity (Wildman–Crippen MR) is 92.7 cm³/mol. The maximum absolute atomic E-state index is 12.7. The average molecular weight is 352 g/mol. The molecule has 0 bridgehead atoms. The van der Waals surface area contributed by atoms with Crippen LogP contribution in [0, 0.1) is 5.92 Å². The number of thioether (sulfide) groups is 1. The molecule has 2 heterocycles. The Bertz CT molecular complexity index is 479. The summed E-state index contributed by atoms with van der Waals surface area (Å²) in [4.78, 5) is 0.499. The molecule has 8 heteroatoms. The van der Waals surface area contributed by atoms with Crippen LogP contribution in [0.3, 0.4) is 0 Å². The number of hydrogen-bond acceptors (Lipinski definition) is 4. The minimum atomic E-state index is -3.32. The van der Waals surface area contributed by atoms with E-state index < -0.39 is 10.2 Å². The molecule has 2 aliphatic rings. The van der Waals surface area contributed by atoms with Crippen molar-refractivity contribution in [1.29, 1.82) is 0 Å². The molecule has 0 spiro atoms. The molecule has 0 aromatic carbocycles. The van der Waals surface area contributed by atoms with Gasteiger partial charge in [0, 0.05) is 26.2 Å². The van der Waals surface area contributed by atoms with Crippen molar-refractivity contribution in [2.45, 2.75) is 37.4 Å². The first-order valence-corrected chi connectivity index (χ1v) is 10.4. The minimum absolute atomic E-state index is 0.238. The van der Waals surface area contributed by atoms with Gasteiger partial charge in [-0.1, -0.05) is 19.1 Å². The monoisotopic (exact) mass is 351 g/mol. The van der Waals surface area contributed by atoms with Crippen molar-refractivity contribution in [3.05, 3.63) is 0 Å². The molecule has 2 rings (SSSR count). The fourth-order valence-corrected chi connectivity index (χ4v) is 5.90. The number of nitrogens with two attached hydrogens (primary N) is 1. The van der Waals surface area contributed by atoms with Gasteiger partial charge >= 0.3 is 0 Å². The Balaban J connectivity index is 2.02. The van der Waals surface area contributed by atoms with Gasteiger partial charge in [-0.2, -0.15) is 28.8 Å². The third-order valence-electron chi connectivity index (χ3n) is 4.77. The molecule has 2 aliphatic heterocycles. The molecule has 0 aliphatic carbocycles. The van der Waals surface area contributed by atoms with Gasteiger partial charge in [-0.05, 0) is 37.9 Å². The zero-order valence-corrected chi connectivity index (χ0v) is 15.2. The second-order valence-corrected chi connectivity index (χ2v) is 9.61. The molecular formula is C13H25N3O2S3. The highest BCUT2D eigenvalue weighted by Gasteiger charge is 2.41. The lowest BCUT2D eigenvalue weighted by Crippen LogP contribution is -2.54. The van der Waals surface area contributed by atoms with Crippen LogP contribution in [0.2, 0.25) is 0 Å². The third kappa shape index (κ3) is 3.55. The molecule has 0 saturated carbocycles. The van der Waals surface area contributed by atoms with E-state index in [9.17, 15) is 8.42 Å². The zero-order valence-electron chi connectivity index (χ0n) is 12.7. The summed E-state index contributed by atoms with van der Waals surface area (Å²) in [5, 5.41) is 0. The quantitative estimate of drug-likeness (QED) is 0.777. The first-order valence-electron chi connectivity index (χ1n) is 7.42. The van der Waals surface area contributed by atoms with Crippen molar-refractivity contribution in [2.24, 2.45) is 11.7 Å². The van der Waals surface area contributed by atoms with Crippen molar-refractivity contribution >= 4 is 39.2 Å². The van der Waals surface area contributed by atoms with Gasteiger partial charge in [-0.25, -0.2) is 0 Å². The molecule has 0 unspecified atom stereocenters. The normalized spacial score (nSPS) is 25.8. The van der Waals surface area contributed by atoms with Crippen molar-refractivity contribution < 1.29 is 8.42 Å². The van der Waals surface area contributed by atoms with Gasteiger partial charge in [-0.3, -0.25) is 0 Å². The Morgan fingerprint density at radius 2 is 1.67 bits per heavy atom. The topological polar surface area (TPSA) is 66.6 Å². The SMILES string of the molecule is CSC1(C(N)=S)CCN(S(=O)(=O)N2CCC(C)CC2)CC1. The Kier molecular flexibility index (Phi) is 5.57. The van der Waals surface area contributed by atoms with E-state index in [-0.39, 0.29) is 4.75 Å². The van der Waals surface area contributed by atoms with E-state index in [0.29, 0.717) is 49.9 Å². The summed E-state index contributed by atoms with van der Waals surface area (Å²) in [6, 6.07) is 0. The molecule has 2 fully saturated rings. The van der Waals surface area contributed by atoms with E-state index in [4.69, 9.17) is 18.0 Å². The molecule has 21 heavy (non-hydrogen) atoms. The van der Waals surface area contributed by atoms with E-state index in [2.05, 4.69) is 6.92 Å². The van der Waals surface area contributed by atoms with Gasteiger partial charge in [0.25, 0.3) is 10.2 Å². The molecular weight excluding hydrogens is 326 g/mol. The summed E-state index contributed by atoms with van der Waals surface area (Å²) in [5.41, 5.74) is 5.86. The lowest BCUT2D eigenvalue weighted by atomic mass is 9.97. The largest absolute Gasteiger partial charge is 0.392 e. The molecule has 2 saturated heterocycles. The molecule has 2 N–H and O–H groups in total. The third-order valence-corrected chi connectivity index (χ3v) is 8.73.